The van der Waals surface area contributed by atoms with Crippen LogP contribution in [0.25, 0.3) is 0 Å². The molecule has 0 heterocycles. The largest absolute Gasteiger partial charge is 0.393 e. The van der Waals surface area contributed by atoms with Crippen LogP contribution in [-0.2, 0) is 0 Å². The van der Waals surface area contributed by atoms with Crippen LogP contribution < -0.4 is 0 Å². The lowest BCUT2D eigenvalue weighted by Gasteiger charge is -2.62. The van der Waals surface area contributed by atoms with Crippen LogP contribution in [0.3, 0.4) is 0 Å². The summed E-state index contributed by atoms with van der Waals surface area (Å²) in [5.41, 5.74) is 0.479. The second-order valence-corrected chi connectivity index (χ2v) is 11.7. The van der Waals surface area contributed by atoms with Crippen LogP contribution >= 0.6 is 0 Å². The molecule has 4 aliphatic carbocycles. The molecule has 150 valence electrons. The third-order valence-corrected chi connectivity index (χ3v) is 10.4. The normalized spacial score (nSPS) is 56.2. The predicted octanol–water partition coefficient (Wildman–Crippen LogP) is 5.41. The Morgan fingerprint density at radius 2 is 1.50 bits per heavy atom. The molecular weight excluding hydrogens is 320 g/mol. The van der Waals surface area contributed by atoms with Crippen LogP contribution in [0.2, 0.25) is 0 Å². The van der Waals surface area contributed by atoms with Crippen molar-refractivity contribution in [3.8, 4) is 0 Å². The molecule has 2 heteroatoms. The summed E-state index contributed by atoms with van der Waals surface area (Å²) in [6.45, 7) is 11.5. The molecular formula is C24H42O2. The highest BCUT2D eigenvalue weighted by molar-refractivity contribution is 5.10. The molecule has 0 bridgehead atoms. The van der Waals surface area contributed by atoms with E-state index >= 15 is 0 Å². The zero-order valence-electron chi connectivity index (χ0n) is 17.8. The Balaban J connectivity index is 1.58. The Kier molecular flexibility index (Phi) is 4.60. The SMILES string of the molecule is C[C@H]([C@H](C)O)[C@H]1CC[C@H]2[C@@H]3CC[C@H]4C[C@@](C)(O)CC[C@]4(C)[C@H]3CC[C@]12C. The van der Waals surface area contributed by atoms with Gasteiger partial charge in [0.05, 0.1) is 11.7 Å². The average molecular weight is 363 g/mol. The molecule has 4 fully saturated rings. The van der Waals surface area contributed by atoms with Gasteiger partial charge in [-0.15, -0.1) is 0 Å². The van der Waals surface area contributed by atoms with Crippen molar-refractivity contribution in [2.75, 3.05) is 0 Å². The summed E-state index contributed by atoms with van der Waals surface area (Å²) in [7, 11) is 0. The maximum atomic E-state index is 10.6. The van der Waals surface area contributed by atoms with Crippen molar-refractivity contribution in [1.29, 1.82) is 0 Å². The van der Waals surface area contributed by atoms with Crippen LogP contribution in [-0.4, -0.2) is 21.9 Å². The van der Waals surface area contributed by atoms with Crippen molar-refractivity contribution in [2.24, 2.45) is 46.3 Å². The summed E-state index contributed by atoms with van der Waals surface area (Å²) < 4.78 is 0. The molecule has 4 aliphatic rings. The zero-order chi connectivity index (χ0) is 18.9. The van der Waals surface area contributed by atoms with E-state index in [4.69, 9.17) is 0 Å². The number of aliphatic hydroxyl groups excluding tert-OH is 1. The zero-order valence-corrected chi connectivity index (χ0v) is 17.8. The van der Waals surface area contributed by atoms with Crippen LogP contribution in [0.5, 0.6) is 0 Å². The van der Waals surface area contributed by atoms with Gasteiger partial charge in [0.15, 0.2) is 0 Å². The predicted molar refractivity (Wildman–Crippen MR) is 107 cm³/mol. The Bertz CT molecular complexity index is 540. The van der Waals surface area contributed by atoms with E-state index < -0.39 is 5.60 Å². The molecule has 0 spiro atoms. The van der Waals surface area contributed by atoms with E-state index in [9.17, 15) is 10.2 Å². The van der Waals surface area contributed by atoms with Crippen LogP contribution in [0.1, 0.15) is 92.4 Å². The van der Waals surface area contributed by atoms with Gasteiger partial charge in [0.2, 0.25) is 0 Å². The lowest BCUT2D eigenvalue weighted by atomic mass is 9.43. The first-order chi connectivity index (χ1) is 12.1. The number of hydrogen-bond acceptors (Lipinski definition) is 2. The highest BCUT2D eigenvalue weighted by atomic mass is 16.3. The second-order valence-electron chi connectivity index (χ2n) is 11.7. The maximum absolute atomic E-state index is 10.6. The standard InChI is InChI=1S/C24H42O2/c1-15(16(2)25)19-8-9-20-18-7-6-17-14-22(3,26)12-13-23(17,4)21(18)10-11-24(19,20)5/h15-21,25-26H,6-14H2,1-5H3/t15-,16+,17+,18+,19-,20+,21+,22+,23+,24-/m1/s1. The van der Waals surface area contributed by atoms with Gasteiger partial charge in [-0.2, -0.15) is 0 Å². The first kappa shape index (κ1) is 19.2. The first-order valence-electron chi connectivity index (χ1n) is 11.5. The molecule has 0 aromatic heterocycles. The fourth-order valence-electron chi connectivity index (χ4n) is 8.67. The van der Waals surface area contributed by atoms with Crippen molar-refractivity contribution in [3.63, 3.8) is 0 Å². The summed E-state index contributed by atoms with van der Waals surface area (Å²) in [4.78, 5) is 0. The van der Waals surface area contributed by atoms with E-state index in [1.165, 1.54) is 44.9 Å². The Morgan fingerprint density at radius 1 is 0.808 bits per heavy atom. The van der Waals surface area contributed by atoms with Crippen molar-refractivity contribution in [1.82, 2.24) is 0 Å². The van der Waals surface area contributed by atoms with Gasteiger partial charge in [-0.1, -0.05) is 20.8 Å². The van der Waals surface area contributed by atoms with Crippen molar-refractivity contribution < 1.29 is 10.2 Å². The molecule has 0 amide bonds. The van der Waals surface area contributed by atoms with Gasteiger partial charge < -0.3 is 10.2 Å². The minimum Gasteiger partial charge on any atom is -0.393 e. The Morgan fingerprint density at radius 3 is 2.19 bits per heavy atom. The van der Waals surface area contributed by atoms with Crippen LogP contribution in [0.15, 0.2) is 0 Å². The highest BCUT2D eigenvalue weighted by Crippen LogP contribution is 2.68. The van der Waals surface area contributed by atoms with E-state index in [-0.39, 0.29) is 6.10 Å². The van der Waals surface area contributed by atoms with Crippen LogP contribution in [0.4, 0.5) is 0 Å². The molecule has 2 N–H and O–H groups in total. The molecule has 26 heavy (non-hydrogen) atoms. The molecule has 0 unspecified atom stereocenters. The fourth-order valence-corrected chi connectivity index (χ4v) is 8.67. The van der Waals surface area contributed by atoms with Gasteiger partial charge in [-0.25, -0.2) is 0 Å². The van der Waals surface area contributed by atoms with E-state index in [1.807, 2.05) is 6.92 Å². The highest BCUT2D eigenvalue weighted by Gasteiger charge is 2.61. The third-order valence-electron chi connectivity index (χ3n) is 10.4. The summed E-state index contributed by atoms with van der Waals surface area (Å²) in [6.07, 6.45) is 11.2. The number of rotatable bonds is 2. The van der Waals surface area contributed by atoms with E-state index in [0.717, 1.165) is 36.5 Å². The second kappa shape index (κ2) is 6.21. The van der Waals surface area contributed by atoms with Crippen molar-refractivity contribution >= 4 is 0 Å². The number of aliphatic hydroxyl groups is 2. The molecule has 4 saturated carbocycles. The molecule has 2 nitrogen and oxygen atoms in total. The number of hydrogen-bond donors (Lipinski definition) is 2. The van der Waals surface area contributed by atoms with Gasteiger partial charge in [-0.3, -0.25) is 0 Å². The van der Waals surface area contributed by atoms with E-state index in [0.29, 0.717) is 22.7 Å². The monoisotopic (exact) mass is 362 g/mol. The number of fused-ring (bicyclic) bond motifs is 5. The Hall–Kier alpha value is -0.0800. The van der Waals surface area contributed by atoms with Crippen molar-refractivity contribution in [2.45, 2.75) is 104 Å². The summed E-state index contributed by atoms with van der Waals surface area (Å²) in [5, 5.41) is 20.9. The lowest BCUT2D eigenvalue weighted by molar-refractivity contribution is -0.149. The summed E-state index contributed by atoms with van der Waals surface area (Å²) in [6, 6.07) is 0. The fraction of sp³-hybridized carbons (Fsp3) is 1.00. The van der Waals surface area contributed by atoms with E-state index in [2.05, 4.69) is 27.7 Å². The topological polar surface area (TPSA) is 40.5 Å². The lowest BCUT2D eigenvalue weighted by Crippen LogP contribution is -2.55. The first-order valence-corrected chi connectivity index (χ1v) is 11.5. The maximum Gasteiger partial charge on any atom is 0.0622 e. The smallest absolute Gasteiger partial charge is 0.0622 e. The summed E-state index contributed by atoms with van der Waals surface area (Å²) >= 11 is 0. The molecule has 0 radical (unpaired) electrons. The third kappa shape index (κ3) is 2.72. The molecule has 0 aliphatic heterocycles. The molecule has 0 saturated heterocycles. The van der Waals surface area contributed by atoms with Gasteiger partial charge in [-0.05, 0) is 118 Å². The minimum absolute atomic E-state index is 0.179. The van der Waals surface area contributed by atoms with Gasteiger partial charge >= 0.3 is 0 Å². The average Bonchev–Trinajstić information content (AvgIpc) is 2.91. The molecule has 0 aromatic carbocycles. The van der Waals surface area contributed by atoms with Crippen LogP contribution in [0, 0.1) is 46.3 Å². The van der Waals surface area contributed by atoms with Gasteiger partial charge in [0, 0.05) is 0 Å². The quantitative estimate of drug-likeness (QED) is 0.689. The van der Waals surface area contributed by atoms with Gasteiger partial charge in [0.1, 0.15) is 0 Å². The van der Waals surface area contributed by atoms with Crippen molar-refractivity contribution in [3.05, 3.63) is 0 Å². The Labute approximate surface area is 161 Å². The molecule has 4 rings (SSSR count). The summed E-state index contributed by atoms with van der Waals surface area (Å²) in [5.74, 6) is 4.49. The van der Waals surface area contributed by atoms with Gasteiger partial charge in [0.25, 0.3) is 0 Å². The molecule has 10 atom stereocenters. The van der Waals surface area contributed by atoms with E-state index in [1.54, 1.807) is 0 Å². The molecule has 0 aromatic rings. The minimum atomic E-state index is -0.425.